The molecule has 3 aromatic rings. The van der Waals surface area contributed by atoms with Crippen LogP contribution in [0.2, 0.25) is 0 Å². The highest BCUT2D eigenvalue weighted by atomic mass is 32.2. The van der Waals surface area contributed by atoms with Gasteiger partial charge in [-0.3, -0.25) is 14.2 Å². The molecule has 0 bridgehead atoms. The molecule has 1 aliphatic rings. The summed E-state index contributed by atoms with van der Waals surface area (Å²) in [5, 5.41) is 2.83. The molecule has 2 aromatic heterocycles. The smallest absolute Gasteiger partial charge is 0.271 e. The summed E-state index contributed by atoms with van der Waals surface area (Å²) < 4.78 is 3.22. The number of nitrogens with zero attached hydrogens (tertiary/aromatic N) is 2. The second-order valence-electron chi connectivity index (χ2n) is 5.26. The van der Waals surface area contributed by atoms with Crippen LogP contribution in [0.5, 0.6) is 0 Å². The summed E-state index contributed by atoms with van der Waals surface area (Å²) >= 11 is 2.88. The number of amides is 1. The number of nitrogens with one attached hydrogen (secondary N) is 1. The van der Waals surface area contributed by atoms with Gasteiger partial charge in [-0.25, -0.2) is 4.98 Å². The molecule has 1 amide bonds. The summed E-state index contributed by atoms with van der Waals surface area (Å²) in [5.74, 6) is 0.347. The Morgan fingerprint density at radius 3 is 2.87 bits per heavy atom. The second kappa shape index (κ2) is 5.82. The van der Waals surface area contributed by atoms with Gasteiger partial charge in [-0.1, -0.05) is 30.3 Å². The SMILES string of the molecule is O=C1CSc2sc3c(=O)n(CCc4ccccc4)cnc3c2N1. The van der Waals surface area contributed by atoms with Crippen LogP contribution in [0.1, 0.15) is 5.56 Å². The van der Waals surface area contributed by atoms with Crippen molar-refractivity contribution in [3.05, 3.63) is 52.6 Å². The van der Waals surface area contributed by atoms with E-state index >= 15 is 0 Å². The molecule has 0 atom stereocenters. The van der Waals surface area contributed by atoms with Crippen LogP contribution in [0.3, 0.4) is 0 Å². The summed E-state index contributed by atoms with van der Waals surface area (Å²) in [5.41, 5.74) is 2.44. The van der Waals surface area contributed by atoms with E-state index in [2.05, 4.69) is 10.3 Å². The molecule has 0 fully saturated rings. The molecule has 116 valence electrons. The van der Waals surface area contributed by atoms with Gasteiger partial charge in [0.05, 0.1) is 22.0 Å². The molecule has 0 saturated heterocycles. The lowest BCUT2D eigenvalue weighted by Crippen LogP contribution is -2.21. The van der Waals surface area contributed by atoms with Crippen LogP contribution < -0.4 is 10.9 Å². The van der Waals surface area contributed by atoms with E-state index < -0.39 is 0 Å². The largest absolute Gasteiger partial charge is 0.322 e. The molecular formula is C16H13N3O2S2. The van der Waals surface area contributed by atoms with E-state index in [0.717, 1.165) is 10.6 Å². The number of carbonyl (C=O) groups excluding carboxylic acids is 1. The number of carbonyl (C=O) groups is 1. The van der Waals surface area contributed by atoms with E-state index in [4.69, 9.17) is 0 Å². The number of anilines is 1. The zero-order chi connectivity index (χ0) is 15.8. The molecule has 1 aromatic carbocycles. The lowest BCUT2D eigenvalue weighted by atomic mass is 10.1. The second-order valence-corrected chi connectivity index (χ2v) is 7.52. The highest BCUT2D eigenvalue weighted by Gasteiger charge is 2.23. The van der Waals surface area contributed by atoms with Crippen molar-refractivity contribution >= 4 is 44.9 Å². The van der Waals surface area contributed by atoms with Gasteiger partial charge in [0.2, 0.25) is 5.91 Å². The number of hydrogen-bond acceptors (Lipinski definition) is 5. The van der Waals surface area contributed by atoms with Crippen molar-refractivity contribution in [3.8, 4) is 0 Å². The molecule has 0 radical (unpaired) electrons. The van der Waals surface area contributed by atoms with E-state index in [-0.39, 0.29) is 11.5 Å². The van der Waals surface area contributed by atoms with E-state index in [1.54, 1.807) is 10.9 Å². The van der Waals surface area contributed by atoms with Crippen LogP contribution >= 0.6 is 23.1 Å². The van der Waals surface area contributed by atoms with Gasteiger partial charge in [-0.05, 0) is 12.0 Å². The van der Waals surface area contributed by atoms with Gasteiger partial charge >= 0.3 is 0 Å². The maximum absolute atomic E-state index is 12.7. The van der Waals surface area contributed by atoms with Gasteiger partial charge in [0.25, 0.3) is 5.56 Å². The number of aromatic nitrogens is 2. The van der Waals surface area contributed by atoms with Gasteiger partial charge in [0.1, 0.15) is 10.2 Å². The Morgan fingerprint density at radius 1 is 1.22 bits per heavy atom. The summed E-state index contributed by atoms with van der Waals surface area (Å²) in [6, 6.07) is 10.1. The summed E-state index contributed by atoms with van der Waals surface area (Å²) in [6.45, 7) is 0.591. The number of thiophene rings is 1. The van der Waals surface area contributed by atoms with Crippen molar-refractivity contribution in [2.75, 3.05) is 11.1 Å². The molecule has 0 unspecified atom stereocenters. The number of rotatable bonds is 3. The Balaban J connectivity index is 1.69. The topological polar surface area (TPSA) is 64.0 Å². The van der Waals surface area contributed by atoms with E-state index in [9.17, 15) is 9.59 Å². The van der Waals surface area contributed by atoms with Crippen molar-refractivity contribution in [3.63, 3.8) is 0 Å². The minimum Gasteiger partial charge on any atom is -0.322 e. The maximum atomic E-state index is 12.7. The Bertz CT molecular complexity index is 947. The quantitative estimate of drug-likeness (QED) is 0.794. The summed E-state index contributed by atoms with van der Waals surface area (Å²) in [4.78, 5) is 28.6. The predicted octanol–water partition coefficient (Wildman–Crippen LogP) is 2.74. The number of aryl methyl sites for hydroxylation is 2. The number of fused-ring (bicyclic) bond motifs is 3. The average Bonchev–Trinajstić information content (AvgIpc) is 2.94. The first-order chi connectivity index (χ1) is 11.2. The molecule has 3 heterocycles. The molecule has 4 rings (SSSR count). The highest BCUT2D eigenvalue weighted by molar-refractivity contribution is 8.02. The first-order valence-corrected chi connectivity index (χ1v) is 9.01. The normalized spacial score (nSPS) is 13.8. The van der Waals surface area contributed by atoms with Crippen molar-refractivity contribution in [2.24, 2.45) is 0 Å². The lowest BCUT2D eigenvalue weighted by Gasteiger charge is -2.11. The molecule has 7 heteroatoms. The number of hydrogen-bond donors (Lipinski definition) is 1. The zero-order valence-corrected chi connectivity index (χ0v) is 13.7. The average molecular weight is 343 g/mol. The van der Waals surface area contributed by atoms with Crippen LogP contribution in [-0.2, 0) is 17.8 Å². The third-order valence-electron chi connectivity index (χ3n) is 3.72. The number of thioether (sulfide) groups is 1. The predicted molar refractivity (Wildman–Crippen MR) is 93.4 cm³/mol. The van der Waals surface area contributed by atoms with Gasteiger partial charge < -0.3 is 5.32 Å². The minimum atomic E-state index is -0.0442. The van der Waals surface area contributed by atoms with E-state index in [1.807, 2.05) is 30.3 Å². The molecule has 0 saturated carbocycles. The van der Waals surface area contributed by atoms with Crippen molar-refractivity contribution < 1.29 is 4.79 Å². The zero-order valence-electron chi connectivity index (χ0n) is 12.1. The van der Waals surface area contributed by atoms with Crippen molar-refractivity contribution in [2.45, 2.75) is 17.2 Å². The fraction of sp³-hybridized carbons (Fsp3) is 0.188. The number of benzene rings is 1. The third kappa shape index (κ3) is 2.66. The molecule has 23 heavy (non-hydrogen) atoms. The standard InChI is InChI=1S/C16H13N3O2S2/c20-11-8-22-16-13(18-11)12-14(23-16)15(21)19(9-17-12)7-6-10-4-2-1-3-5-10/h1-5,9H,6-8H2,(H,18,20). The highest BCUT2D eigenvalue weighted by Crippen LogP contribution is 2.42. The Morgan fingerprint density at radius 2 is 2.04 bits per heavy atom. The maximum Gasteiger partial charge on any atom is 0.271 e. The third-order valence-corrected chi connectivity index (χ3v) is 6.15. The first-order valence-electron chi connectivity index (χ1n) is 7.21. The summed E-state index contributed by atoms with van der Waals surface area (Å²) in [6.07, 6.45) is 2.36. The lowest BCUT2D eigenvalue weighted by molar-refractivity contribution is -0.113. The molecule has 0 spiro atoms. The Kier molecular flexibility index (Phi) is 3.66. The van der Waals surface area contributed by atoms with E-state index in [0.29, 0.717) is 28.2 Å². The van der Waals surface area contributed by atoms with Crippen LogP contribution in [-0.4, -0.2) is 21.2 Å². The minimum absolute atomic E-state index is 0.0415. The van der Waals surface area contributed by atoms with Gasteiger partial charge in [0, 0.05) is 6.54 Å². The van der Waals surface area contributed by atoms with Gasteiger partial charge in [-0.15, -0.1) is 23.1 Å². The Labute approximate surface area is 140 Å². The molecular weight excluding hydrogens is 330 g/mol. The van der Waals surface area contributed by atoms with Crippen LogP contribution in [0.15, 0.2) is 45.7 Å². The van der Waals surface area contributed by atoms with E-state index in [1.165, 1.54) is 28.7 Å². The Hall–Kier alpha value is -2.12. The molecule has 0 aliphatic carbocycles. The fourth-order valence-electron chi connectivity index (χ4n) is 2.55. The van der Waals surface area contributed by atoms with Gasteiger partial charge in [-0.2, -0.15) is 0 Å². The summed E-state index contributed by atoms with van der Waals surface area (Å²) in [7, 11) is 0. The van der Waals surface area contributed by atoms with Crippen molar-refractivity contribution in [1.29, 1.82) is 0 Å². The van der Waals surface area contributed by atoms with Crippen LogP contribution in [0.4, 0.5) is 5.69 Å². The van der Waals surface area contributed by atoms with Crippen LogP contribution in [0, 0.1) is 0 Å². The monoisotopic (exact) mass is 343 g/mol. The van der Waals surface area contributed by atoms with Crippen LogP contribution in [0.25, 0.3) is 10.2 Å². The first kappa shape index (κ1) is 14.5. The van der Waals surface area contributed by atoms with Crippen molar-refractivity contribution in [1.82, 2.24) is 9.55 Å². The molecule has 5 nitrogen and oxygen atoms in total. The molecule has 1 aliphatic heterocycles. The molecule has 1 N–H and O–H groups in total. The fourth-order valence-corrected chi connectivity index (χ4v) is 4.73. The van der Waals surface area contributed by atoms with Gasteiger partial charge in [0.15, 0.2) is 0 Å².